The molecule has 0 aliphatic carbocycles. The van der Waals surface area contributed by atoms with Gasteiger partial charge < -0.3 is 24.8 Å². The van der Waals surface area contributed by atoms with Crippen LogP contribution in [0.1, 0.15) is 36.1 Å². The number of ether oxygens (including phenoxy) is 3. The summed E-state index contributed by atoms with van der Waals surface area (Å²) in [6.07, 6.45) is 1.92. The Morgan fingerprint density at radius 1 is 1.17 bits per heavy atom. The number of guanidine groups is 1. The van der Waals surface area contributed by atoms with E-state index < -0.39 is 0 Å². The molecule has 1 aromatic heterocycles. The van der Waals surface area contributed by atoms with E-state index in [4.69, 9.17) is 14.2 Å². The van der Waals surface area contributed by atoms with E-state index >= 15 is 0 Å². The second kappa shape index (κ2) is 9.05. The van der Waals surface area contributed by atoms with E-state index in [2.05, 4.69) is 52.2 Å². The van der Waals surface area contributed by atoms with Crippen molar-refractivity contribution >= 4 is 17.3 Å². The lowest BCUT2D eigenvalue weighted by Crippen LogP contribution is -2.48. The molecule has 2 aliphatic heterocycles. The van der Waals surface area contributed by atoms with Crippen LogP contribution < -0.4 is 20.1 Å². The molecule has 0 bridgehead atoms. The molecule has 0 amide bonds. The standard InChI is InChI=1S/C22H29N3O3S/c1-16(20-4-3-11-29-20)13-24-21(23-2)25-14-22(7-9-26-10-8-22)17-5-6-18-19(12-17)28-15-27-18/h3-6,11-12,16H,7-10,13-15H2,1-2H3,(H2,23,24,25). The van der Waals surface area contributed by atoms with Crippen LogP contribution >= 0.6 is 11.3 Å². The molecule has 3 heterocycles. The molecule has 1 fully saturated rings. The zero-order valence-electron chi connectivity index (χ0n) is 17.1. The lowest BCUT2D eigenvalue weighted by molar-refractivity contribution is 0.0513. The summed E-state index contributed by atoms with van der Waals surface area (Å²) in [5.41, 5.74) is 1.25. The molecular weight excluding hydrogens is 386 g/mol. The fourth-order valence-corrected chi connectivity index (χ4v) is 4.74. The van der Waals surface area contributed by atoms with Crippen LogP contribution in [0.4, 0.5) is 0 Å². The van der Waals surface area contributed by atoms with Crippen molar-refractivity contribution in [2.45, 2.75) is 31.1 Å². The first-order valence-electron chi connectivity index (χ1n) is 10.2. The van der Waals surface area contributed by atoms with Crippen molar-refractivity contribution in [2.24, 2.45) is 4.99 Å². The molecule has 0 saturated carbocycles. The fourth-order valence-electron chi connectivity index (χ4n) is 3.95. The molecule has 0 radical (unpaired) electrons. The van der Waals surface area contributed by atoms with E-state index in [0.717, 1.165) is 56.6 Å². The van der Waals surface area contributed by atoms with Gasteiger partial charge in [-0.15, -0.1) is 11.3 Å². The van der Waals surface area contributed by atoms with Gasteiger partial charge in [-0.05, 0) is 42.0 Å². The molecule has 4 rings (SSSR count). The molecule has 1 aromatic carbocycles. The predicted octanol–water partition coefficient (Wildman–Crippen LogP) is 3.49. The Bertz CT molecular complexity index is 832. The molecule has 2 N–H and O–H groups in total. The first kappa shape index (κ1) is 20.0. The van der Waals surface area contributed by atoms with Crippen molar-refractivity contribution in [1.29, 1.82) is 0 Å². The Labute approximate surface area is 176 Å². The third-order valence-electron chi connectivity index (χ3n) is 5.86. The number of benzene rings is 1. The monoisotopic (exact) mass is 415 g/mol. The van der Waals surface area contributed by atoms with E-state index in [1.807, 2.05) is 13.1 Å². The minimum atomic E-state index is -0.0176. The Kier molecular flexibility index (Phi) is 6.25. The first-order valence-corrected chi connectivity index (χ1v) is 11.0. The summed E-state index contributed by atoms with van der Waals surface area (Å²) in [4.78, 5) is 5.81. The van der Waals surface area contributed by atoms with Crippen molar-refractivity contribution in [3.8, 4) is 11.5 Å². The van der Waals surface area contributed by atoms with Crippen molar-refractivity contribution in [1.82, 2.24) is 10.6 Å². The normalized spacial score (nSPS) is 19.0. The third kappa shape index (κ3) is 4.51. The SMILES string of the molecule is CN=C(NCC(C)c1cccs1)NCC1(c2ccc3c(c2)OCO3)CCOCC1. The Morgan fingerprint density at radius 2 is 2.00 bits per heavy atom. The van der Waals surface area contributed by atoms with Crippen LogP contribution in [-0.2, 0) is 10.2 Å². The summed E-state index contributed by atoms with van der Waals surface area (Å²) in [7, 11) is 1.82. The summed E-state index contributed by atoms with van der Waals surface area (Å²) >= 11 is 1.80. The predicted molar refractivity (Wildman–Crippen MR) is 116 cm³/mol. The average Bonchev–Trinajstić information content (AvgIpc) is 3.46. The minimum absolute atomic E-state index is 0.0176. The highest BCUT2D eigenvalue weighted by Crippen LogP contribution is 2.40. The van der Waals surface area contributed by atoms with Crippen LogP contribution in [0.3, 0.4) is 0 Å². The third-order valence-corrected chi connectivity index (χ3v) is 6.96. The van der Waals surface area contributed by atoms with E-state index in [1.165, 1.54) is 10.4 Å². The summed E-state index contributed by atoms with van der Waals surface area (Å²) in [6, 6.07) is 10.6. The Balaban J connectivity index is 1.42. The summed E-state index contributed by atoms with van der Waals surface area (Å²) < 4.78 is 16.8. The molecule has 6 nitrogen and oxygen atoms in total. The molecule has 1 atom stereocenters. The van der Waals surface area contributed by atoms with Gasteiger partial charge in [-0.1, -0.05) is 19.1 Å². The zero-order valence-corrected chi connectivity index (χ0v) is 17.9. The van der Waals surface area contributed by atoms with E-state index in [-0.39, 0.29) is 5.41 Å². The van der Waals surface area contributed by atoms with Crippen LogP contribution in [-0.4, -0.2) is 46.1 Å². The van der Waals surface area contributed by atoms with Crippen LogP contribution in [0, 0.1) is 0 Å². The Hall–Kier alpha value is -2.25. The number of aliphatic imine (C=N–C) groups is 1. The minimum Gasteiger partial charge on any atom is -0.454 e. The van der Waals surface area contributed by atoms with Gasteiger partial charge in [0.1, 0.15) is 0 Å². The van der Waals surface area contributed by atoms with E-state index in [1.54, 1.807) is 11.3 Å². The van der Waals surface area contributed by atoms with Crippen LogP contribution in [0.15, 0.2) is 40.7 Å². The second-order valence-corrected chi connectivity index (χ2v) is 8.66. The highest BCUT2D eigenvalue weighted by Gasteiger charge is 2.35. The van der Waals surface area contributed by atoms with E-state index in [0.29, 0.717) is 12.7 Å². The molecule has 1 unspecified atom stereocenters. The van der Waals surface area contributed by atoms with E-state index in [9.17, 15) is 0 Å². The lowest BCUT2D eigenvalue weighted by Gasteiger charge is -2.38. The van der Waals surface area contributed by atoms with Crippen molar-refractivity contribution in [2.75, 3.05) is 40.1 Å². The number of nitrogens with one attached hydrogen (secondary N) is 2. The van der Waals surface area contributed by atoms with Crippen molar-refractivity contribution in [3.05, 3.63) is 46.2 Å². The van der Waals surface area contributed by atoms with Gasteiger partial charge in [-0.2, -0.15) is 0 Å². The maximum atomic E-state index is 5.66. The van der Waals surface area contributed by atoms with Gasteiger partial charge in [0.15, 0.2) is 17.5 Å². The second-order valence-electron chi connectivity index (χ2n) is 7.68. The number of fused-ring (bicyclic) bond motifs is 1. The van der Waals surface area contributed by atoms with Gasteiger partial charge in [0.2, 0.25) is 6.79 Å². The average molecular weight is 416 g/mol. The van der Waals surface area contributed by atoms with Crippen LogP contribution in [0.25, 0.3) is 0 Å². The number of thiophene rings is 1. The smallest absolute Gasteiger partial charge is 0.231 e. The maximum absolute atomic E-state index is 5.66. The summed E-state index contributed by atoms with van der Waals surface area (Å²) in [6.45, 7) is 5.70. The number of hydrogen-bond acceptors (Lipinski definition) is 5. The molecule has 7 heteroatoms. The molecular formula is C22H29N3O3S. The highest BCUT2D eigenvalue weighted by atomic mass is 32.1. The summed E-state index contributed by atoms with van der Waals surface area (Å²) in [5.74, 6) is 2.93. The van der Waals surface area contributed by atoms with Crippen molar-refractivity contribution in [3.63, 3.8) is 0 Å². The van der Waals surface area contributed by atoms with Gasteiger partial charge in [-0.25, -0.2) is 0 Å². The molecule has 2 aliphatic rings. The summed E-state index contributed by atoms with van der Waals surface area (Å²) in [5, 5.41) is 9.16. The van der Waals surface area contributed by atoms with Gasteiger partial charge >= 0.3 is 0 Å². The number of hydrogen-bond donors (Lipinski definition) is 2. The van der Waals surface area contributed by atoms with Gasteiger partial charge in [0, 0.05) is 49.6 Å². The quantitative estimate of drug-likeness (QED) is 0.559. The Morgan fingerprint density at radius 3 is 2.76 bits per heavy atom. The van der Waals surface area contributed by atoms with Gasteiger partial charge in [0.25, 0.3) is 0 Å². The largest absolute Gasteiger partial charge is 0.454 e. The number of nitrogens with zero attached hydrogens (tertiary/aromatic N) is 1. The van der Waals surface area contributed by atoms with Crippen LogP contribution in [0.2, 0.25) is 0 Å². The first-order chi connectivity index (χ1) is 14.2. The van der Waals surface area contributed by atoms with Crippen LogP contribution in [0.5, 0.6) is 11.5 Å². The van der Waals surface area contributed by atoms with Crippen molar-refractivity contribution < 1.29 is 14.2 Å². The molecule has 0 spiro atoms. The van der Waals surface area contributed by atoms with Gasteiger partial charge in [0.05, 0.1) is 0 Å². The molecule has 29 heavy (non-hydrogen) atoms. The zero-order chi connectivity index (χ0) is 20.1. The number of rotatable bonds is 6. The molecule has 2 aromatic rings. The molecule has 156 valence electrons. The topological polar surface area (TPSA) is 64.1 Å². The molecule has 1 saturated heterocycles. The highest BCUT2D eigenvalue weighted by molar-refractivity contribution is 7.10. The fraction of sp³-hybridized carbons (Fsp3) is 0.500. The van der Waals surface area contributed by atoms with Gasteiger partial charge in [-0.3, -0.25) is 4.99 Å². The maximum Gasteiger partial charge on any atom is 0.231 e. The lowest BCUT2D eigenvalue weighted by atomic mass is 9.74.